The fraction of sp³-hybridized carbons (Fsp3) is 0.273. The number of carbonyl (C=O) groups excluding carboxylic acids is 1. The van der Waals surface area contributed by atoms with Crippen molar-refractivity contribution in [2.75, 3.05) is 0 Å². The molecular formula is C11H12O3. The molecule has 0 saturated carbocycles. The second-order valence-electron chi connectivity index (χ2n) is 3.35. The molecule has 0 aromatic heterocycles. The average Bonchev–Trinajstić information content (AvgIpc) is 2.07. The van der Waals surface area contributed by atoms with Crippen LogP contribution >= 0.6 is 0 Å². The number of carboxylic acid groups (broad SMARTS) is 1. The summed E-state index contributed by atoms with van der Waals surface area (Å²) in [5.41, 5.74) is 2.02. The highest BCUT2D eigenvalue weighted by molar-refractivity contribution is 6.00. The lowest BCUT2D eigenvalue weighted by molar-refractivity contribution is 0.0696. The van der Waals surface area contributed by atoms with Crippen molar-refractivity contribution in [2.45, 2.75) is 20.8 Å². The Bertz CT molecular complexity index is 370. The Kier molecular flexibility index (Phi) is 2.70. The first-order valence-corrected chi connectivity index (χ1v) is 4.29. The summed E-state index contributed by atoms with van der Waals surface area (Å²) in [7, 11) is 0. The molecule has 1 aromatic carbocycles. The molecule has 0 fully saturated rings. The van der Waals surface area contributed by atoms with E-state index >= 15 is 0 Å². The summed E-state index contributed by atoms with van der Waals surface area (Å²) in [6, 6.07) is 3.29. The Hall–Kier alpha value is -1.64. The van der Waals surface area contributed by atoms with Crippen molar-refractivity contribution in [3.05, 3.63) is 34.4 Å². The van der Waals surface area contributed by atoms with Crippen molar-refractivity contribution in [3.63, 3.8) is 0 Å². The Balaban J connectivity index is 3.47. The molecule has 1 N–H and O–H groups in total. The number of hydrogen-bond acceptors (Lipinski definition) is 2. The maximum absolute atomic E-state index is 11.2. The summed E-state index contributed by atoms with van der Waals surface area (Å²) in [5.74, 6) is -1.09. The molecule has 0 aliphatic rings. The minimum absolute atomic E-state index is 0.103. The van der Waals surface area contributed by atoms with E-state index < -0.39 is 5.97 Å². The lowest BCUT2D eigenvalue weighted by Gasteiger charge is -2.07. The van der Waals surface area contributed by atoms with E-state index in [2.05, 4.69) is 0 Å². The van der Waals surface area contributed by atoms with Gasteiger partial charge in [0.15, 0.2) is 5.78 Å². The summed E-state index contributed by atoms with van der Waals surface area (Å²) in [6.45, 7) is 4.87. The highest BCUT2D eigenvalue weighted by atomic mass is 16.4. The molecule has 0 radical (unpaired) electrons. The molecule has 0 unspecified atom stereocenters. The maximum atomic E-state index is 11.2. The zero-order chi connectivity index (χ0) is 10.9. The van der Waals surface area contributed by atoms with Crippen LogP contribution in [-0.4, -0.2) is 16.9 Å². The molecule has 0 atom stereocenters. The van der Waals surface area contributed by atoms with E-state index in [9.17, 15) is 9.59 Å². The van der Waals surface area contributed by atoms with Gasteiger partial charge in [0.1, 0.15) is 0 Å². The highest BCUT2D eigenvalue weighted by Crippen LogP contribution is 2.17. The van der Waals surface area contributed by atoms with Crippen LogP contribution in [0.1, 0.15) is 38.8 Å². The van der Waals surface area contributed by atoms with Crippen molar-refractivity contribution in [1.29, 1.82) is 0 Å². The van der Waals surface area contributed by atoms with Gasteiger partial charge in [-0.1, -0.05) is 0 Å². The van der Waals surface area contributed by atoms with Crippen LogP contribution in [0.25, 0.3) is 0 Å². The fourth-order valence-electron chi connectivity index (χ4n) is 1.45. The number of benzene rings is 1. The van der Waals surface area contributed by atoms with Crippen LogP contribution in [-0.2, 0) is 0 Å². The van der Waals surface area contributed by atoms with Gasteiger partial charge >= 0.3 is 5.97 Å². The predicted molar refractivity (Wildman–Crippen MR) is 52.9 cm³/mol. The summed E-state index contributed by atoms with van der Waals surface area (Å²) in [6.07, 6.45) is 0. The van der Waals surface area contributed by atoms with Gasteiger partial charge in [-0.3, -0.25) is 4.79 Å². The van der Waals surface area contributed by atoms with E-state index in [1.807, 2.05) is 0 Å². The molecule has 0 spiro atoms. The summed E-state index contributed by atoms with van der Waals surface area (Å²) < 4.78 is 0. The molecule has 3 nitrogen and oxygen atoms in total. The second-order valence-corrected chi connectivity index (χ2v) is 3.35. The van der Waals surface area contributed by atoms with Crippen molar-refractivity contribution in [1.82, 2.24) is 0 Å². The van der Waals surface area contributed by atoms with Crippen LogP contribution < -0.4 is 0 Å². The van der Waals surface area contributed by atoms with Gasteiger partial charge in [-0.15, -0.1) is 0 Å². The minimum Gasteiger partial charge on any atom is -0.478 e. The number of hydrogen-bond donors (Lipinski definition) is 1. The third kappa shape index (κ3) is 1.82. The highest BCUT2D eigenvalue weighted by Gasteiger charge is 2.13. The standard InChI is InChI=1S/C11H12O3/c1-6-4-9(8(3)12)7(2)10(5-6)11(13)14/h4-5H,1-3H3,(H,13,14). The van der Waals surface area contributed by atoms with Crippen LogP contribution in [0.15, 0.2) is 12.1 Å². The third-order valence-corrected chi connectivity index (χ3v) is 2.16. The van der Waals surface area contributed by atoms with E-state index in [0.29, 0.717) is 11.1 Å². The Morgan fingerprint density at radius 3 is 2.07 bits per heavy atom. The lowest BCUT2D eigenvalue weighted by Crippen LogP contribution is -2.06. The van der Waals surface area contributed by atoms with Crippen molar-refractivity contribution in [3.8, 4) is 0 Å². The Morgan fingerprint density at radius 1 is 1.14 bits per heavy atom. The second kappa shape index (κ2) is 3.62. The van der Waals surface area contributed by atoms with Crippen LogP contribution in [0.2, 0.25) is 0 Å². The van der Waals surface area contributed by atoms with Crippen LogP contribution in [0.5, 0.6) is 0 Å². The van der Waals surface area contributed by atoms with Crippen LogP contribution in [0, 0.1) is 13.8 Å². The smallest absolute Gasteiger partial charge is 0.335 e. The molecule has 0 aliphatic heterocycles. The topological polar surface area (TPSA) is 54.4 Å². The third-order valence-electron chi connectivity index (χ3n) is 2.16. The molecule has 14 heavy (non-hydrogen) atoms. The molecule has 1 rings (SSSR count). The van der Waals surface area contributed by atoms with E-state index in [4.69, 9.17) is 5.11 Å². The zero-order valence-electron chi connectivity index (χ0n) is 8.42. The SMILES string of the molecule is CC(=O)c1cc(C)cc(C(=O)O)c1C. The van der Waals surface area contributed by atoms with Gasteiger partial charge in [-0.2, -0.15) is 0 Å². The number of aromatic carboxylic acids is 1. The number of carboxylic acids is 1. The zero-order valence-corrected chi connectivity index (χ0v) is 8.42. The summed E-state index contributed by atoms with van der Waals surface area (Å²) in [5, 5.41) is 8.89. The molecule has 0 bridgehead atoms. The van der Waals surface area contributed by atoms with Crippen LogP contribution in [0.3, 0.4) is 0 Å². The van der Waals surface area contributed by atoms with Gasteiger partial charge < -0.3 is 5.11 Å². The van der Waals surface area contributed by atoms with Crippen molar-refractivity contribution < 1.29 is 14.7 Å². The fourth-order valence-corrected chi connectivity index (χ4v) is 1.45. The largest absolute Gasteiger partial charge is 0.478 e. The number of Topliss-reactive ketones (excluding diaryl/α,β-unsaturated/α-hetero) is 1. The van der Waals surface area contributed by atoms with Gasteiger partial charge in [0.05, 0.1) is 5.56 Å². The quantitative estimate of drug-likeness (QED) is 0.731. The molecule has 0 amide bonds. The average molecular weight is 192 g/mol. The first-order chi connectivity index (χ1) is 6.43. The normalized spacial score (nSPS) is 9.93. The maximum Gasteiger partial charge on any atom is 0.335 e. The predicted octanol–water partition coefficient (Wildman–Crippen LogP) is 2.20. The molecule has 0 aliphatic carbocycles. The molecule has 0 saturated heterocycles. The summed E-state index contributed by atoms with van der Waals surface area (Å²) >= 11 is 0. The lowest BCUT2D eigenvalue weighted by atomic mass is 9.97. The van der Waals surface area contributed by atoms with E-state index in [1.54, 1.807) is 26.0 Å². The first-order valence-electron chi connectivity index (χ1n) is 4.29. The monoisotopic (exact) mass is 192 g/mol. The summed E-state index contributed by atoms with van der Waals surface area (Å²) in [4.78, 5) is 22.0. The van der Waals surface area contributed by atoms with Gasteiger partial charge in [0, 0.05) is 5.56 Å². The minimum atomic E-state index is -0.992. The first kappa shape index (κ1) is 10.4. The number of carbonyl (C=O) groups is 2. The number of ketones is 1. The van der Waals surface area contributed by atoms with Gasteiger partial charge in [0.25, 0.3) is 0 Å². The van der Waals surface area contributed by atoms with Crippen molar-refractivity contribution in [2.24, 2.45) is 0 Å². The van der Waals surface area contributed by atoms with Crippen molar-refractivity contribution >= 4 is 11.8 Å². The Labute approximate surface area is 82.4 Å². The number of rotatable bonds is 2. The Morgan fingerprint density at radius 2 is 1.64 bits per heavy atom. The van der Waals surface area contributed by atoms with Gasteiger partial charge in [0.2, 0.25) is 0 Å². The van der Waals surface area contributed by atoms with Crippen LogP contribution in [0.4, 0.5) is 0 Å². The van der Waals surface area contributed by atoms with Gasteiger partial charge in [-0.05, 0) is 44.0 Å². The van der Waals surface area contributed by atoms with Gasteiger partial charge in [-0.25, -0.2) is 4.79 Å². The molecule has 3 heteroatoms. The number of aryl methyl sites for hydroxylation is 1. The van der Waals surface area contributed by atoms with E-state index in [1.165, 1.54) is 6.92 Å². The molecule has 74 valence electrons. The van der Waals surface area contributed by atoms with E-state index in [-0.39, 0.29) is 11.3 Å². The molecule has 1 aromatic rings. The molecule has 0 heterocycles. The van der Waals surface area contributed by atoms with E-state index in [0.717, 1.165) is 5.56 Å². The molecular weight excluding hydrogens is 180 g/mol.